The quantitative estimate of drug-likeness (QED) is 0.670. The van der Waals surface area contributed by atoms with Crippen LogP contribution in [0.15, 0.2) is 60.3 Å². The molecule has 130 valence electrons. The van der Waals surface area contributed by atoms with Crippen LogP contribution in [0.1, 0.15) is 40.2 Å². The van der Waals surface area contributed by atoms with E-state index in [-0.39, 0.29) is 5.73 Å². The largest absolute Gasteiger partial charge is 0.525 e. The third-order valence-corrected chi connectivity index (χ3v) is 5.24. The summed E-state index contributed by atoms with van der Waals surface area (Å²) >= 11 is 0. The zero-order valence-corrected chi connectivity index (χ0v) is 15.5. The first-order chi connectivity index (χ1) is 11.7. The molecule has 0 N–H and O–H groups in total. The van der Waals surface area contributed by atoms with Gasteiger partial charge in [-0.25, -0.2) is 4.39 Å². The Labute approximate surface area is 149 Å². The van der Waals surface area contributed by atoms with Crippen molar-refractivity contribution < 1.29 is 13.7 Å². The van der Waals surface area contributed by atoms with Gasteiger partial charge in [-0.1, -0.05) is 54.6 Å². The van der Waals surface area contributed by atoms with E-state index < -0.39 is 18.3 Å². The first-order valence-electron chi connectivity index (χ1n) is 8.59. The van der Waals surface area contributed by atoms with Gasteiger partial charge >= 0.3 is 7.12 Å². The van der Waals surface area contributed by atoms with E-state index >= 15 is 0 Å². The molecule has 0 aliphatic carbocycles. The first-order valence-corrected chi connectivity index (χ1v) is 8.59. The smallest absolute Gasteiger partial charge is 0.398 e. The average Bonchev–Trinajstić information content (AvgIpc) is 2.82. The summed E-state index contributed by atoms with van der Waals surface area (Å²) in [6.45, 7) is 9.45. The van der Waals surface area contributed by atoms with Gasteiger partial charge in [-0.15, -0.1) is 0 Å². The number of hydrogen-bond acceptors (Lipinski definition) is 2. The molecule has 4 heteroatoms. The fraction of sp³-hybridized carbons (Fsp3) is 0.333. The minimum Gasteiger partial charge on any atom is -0.398 e. The van der Waals surface area contributed by atoms with E-state index in [1.54, 1.807) is 6.92 Å². The molecular formula is C21H24BFO2. The fourth-order valence-corrected chi connectivity index (χ4v) is 2.80. The molecule has 1 heterocycles. The Morgan fingerprint density at radius 1 is 0.800 bits per heavy atom. The van der Waals surface area contributed by atoms with Crippen LogP contribution in [0.2, 0.25) is 0 Å². The first kappa shape index (κ1) is 17.9. The standard InChI is InChI=1S/C21H24BFO2/c1-15(19(23)22-24-20(2,3)21(4,5)25-22)16-11-13-18(14-12-16)17-9-7-6-8-10-17/h6-14H,1-5H3. The van der Waals surface area contributed by atoms with Crippen molar-refractivity contribution in [3.8, 4) is 11.1 Å². The summed E-state index contributed by atoms with van der Waals surface area (Å²) in [6.07, 6.45) is 0. The van der Waals surface area contributed by atoms with Gasteiger partial charge in [0.1, 0.15) is 5.73 Å². The molecule has 1 fully saturated rings. The van der Waals surface area contributed by atoms with Crippen LogP contribution in [0.5, 0.6) is 0 Å². The summed E-state index contributed by atoms with van der Waals surface area (Å²) in [5.41, 5.74) is 2.14. The lowest BCUT2D eigenvalue weighted by Crippen LogP contribution is -2.41. The summed E-state index contributed by atoms with van der Waals surface area (Å²) in [7, 11) is -0.959. The second-order valence-electron chi connectivity index (χ2n) is 7.50. The maximum atomic E-state index is 14.9. The van der Waals surface area contributed by atoms with Crippen molar-refractivity contribution in [2.75, 3.05) is 0 Å². The molecule has 0 aromatic heterocycles. The van der Waals surface area contributed by atoms with Gasteiger partial charge in [0.05, 0.1) is 11.2 Å². The molecule has 1 aliphatic rings. The summed E-state index contributed by atoms with van der Waals surface area (Å²) < 4.78 is 26.5. The molecular weight excluding hydrogens is 314 g/mol. The number of benzene rings is 2. The lowest BCUT2D eigenvalue weighted by Gasteiger charge is -2.32. The molecule has 25 heavy (non-hydrogen) atoms. The third kappa shape index (κ3) is 3.42. The second-order valence-corrected chi connectivity index (χ2v) is 7.50. The molecule has 0 saturated carbocycles. The van der Waals surface area contributed by atoms with Gasteiger partial charge in [0.2, 0.25) is 0 Å². The number of halogens is 1. The van der Waals surface area contributed by atoms with Gasteiger partial charge in [0.15, 0.2) is 0 Å². The Hall–Kier alpha value is -1.91. The van der Waals surface area contributed by atoms with Crippen molar-refractivity contribution in [3.63, 3.8) is 0 Å². The summed E-state index contributed by atoms with van der Waals surface area (Å²) in [4.78, 5) is 0. The average molecular weight is 338 g/mol. The minimum absolute atomic E-state index is 0.369. The second kappa shape index (κ2) is 6.43. The van der Waals surface area contributed by atoms with E-state index in [2.05, 4.69) is 12.1 Å². The fourth-order valence-electron chi connectivity index (χ4n) is 2.80. The number of rotatable bonds is 3. The number of allylic oxidation sites excluding steroid dienone is 1. The van der Waals surface area contributed by atoms with E-state index in [1.807, 2.05) is 70.2 Å². The molecule has 0 unspecified atom stereocenters. The molecule has 2 aromatic carbocycles. The number of hydrogen-bond donors (Lipinski definition) is 0. The van der Waals surface area contributed by atoms with Gasteiger partial charge in [0, 0.05) is 0 Å². The highest BCUT2D eigenvalue weighted by Crippen LogP contribution is 2.40. The van der Waals surface area contributed by atoms with Gasteiger partial charge in [-0.2, -0.15) is 0 Å². The van der Waals surface area contributed by atoms with Crippen LogP contribution in [0.3, 0.4) is 0 Å². The van der Waals surface area contributed by atoms with Crippen LogP contribution in [0.25, 0.3) is 16.7 Å². The third-order valence-electron chi connectivity index (χ3n) is 5.24. The molecule has 2 aromatic rings. The molecule has 0 atom stereocenters. The predicted molar refractivity (Wildman–Crippen MR) is 102 cm³/mol. The Kier molecular flexibility index (Phi) is 4.61. The van der Waals surface area contributed by atoms with Crippen molar-refractivity contribution in [2.45, 2.75) is 45.8 Å². The van der Waals surface area contributed by atoms with Crippen LogP contribution in [0.4, 0.5) is 4.39 Å². The van der Waals surface area contributed by atoms with E-state index in [9.17, 15) is 4.39 Å². The molecule has 0 radical (unpaired) electrons. The summed E-state index contributed by atoms with van der Waals surface area (Å²) in [5, 5.41) is 0. The maximum absolute atomic E-state index is 14.9. The Bertz CT molecular complexity index is 763. The highest BCUT2D eigenvalue weighted by atomic mass is 19.1. The van der Waals surface area contributed by atoms with E-state index in [0.717, 1.165) is 16.7 Å². The van der Waals surface area contributed by atoms with Crippen LogP contribution in [-0.2, 0) is 9.31 Å². The Morgan fingerprint density at radius 2 is 1.28 bits per heavy atom. The normalized spacial score (nSPS) is 19.7. The lowest BCUT2D eigenvalue weighted by molar-refractivity contribution is 0.00578. The van der Waals surface area contributed by atoms with Gasteiger partial charge in [0.25, 0.3) is 0 Å². The van der Waals surface area contributed by atoms with Crippen molar-refractivity contribution in [1.82, 2.24) is 0 Å². The highest BCUT2D eigenvalue weighted by Gasteiger charge is 2.53. The van der Waals surface area contributed by atoms with Gasteiger partial charge in [-0.05, 0) is 56.9 Å². The summed E-state index contributed by atoms with van der Waals surface area (Å²) in [6, 6.07) is 18.0. The topological polar surface area (TPSA) is 18.5 Å². The molecule has 1 aliphatic heterocycles. The Morgan fingerprint density at radius 3 is 1.80 bits per heavy atom. The monoisotopic (exact) mass is 338 g/mol. The van der Waals surface area contributed by atoms with Gasteiger partial charge < -0.3 is 9.31 Å². The molecule has 0 bridgehead atoms. The zero-order chi connectivity index (χ0) is 18.2. The molecule has 0 spiro atoms. The lowest BCUT2D eigenvalue weighted by atomic mass is 9.83. The van der Waals surface area contributed by atoms with E-state index in [1.165, 1.54) is 0 Å². The molecule has 0 amide bonds. The van der Waals surface area contributed by atoms with Crippen molar-refractivity contribution >= 4 is 12.7 Å². The van der Waals surface area contributed by atoms with Gasteiger partial charge in [-0.3, -0.25) is 0 Å². The van der Waals surface area contributed by atoms with Crippen molar-refractivity contribution in [2.24, 2.45) is 0 Å². The van der Waals surface area contributed by atoms with E-state index in [4.69, 9.17) is 9.31 Å². The molecule has 2 nitrogen and oxygen atoms in total. The van der Waals surface area contributed by atoms with Crippen LogP contribution in [0, 0.1) is 0 Å². The summed E-state index contributed by atoms with van der Waals surface area (Å²) in [5.74, 6) is 0. The van der Waals surface area contributed by atoms with Crippen molar-refractivity contribution in [1.29, 1.82) is 0 Å². The van der Waals surface area contributed by atoms with Crippen molar-refractivity contribution in [3.05, 3.63) is 65.9 Å². The van der Waals surface area contributed by atoms with Crippen LogP contribution < -0.4 is 0 Å². The SMILES string of the molecule is CC(=C(F)B1OC(C)(C)C(C)(C)O1)c1ccc(-c2ccccc2)cc1. The van der Waals surface area contributed by atoms with E-state index in [0.29, 0.717) is 5.57 Å². The Balaban J connectivity index is 1.85. The minimum atomic E-state index is -0.959. The van der Waals surface area contributed by atoms with Crippen LogP contribution in [-0.4, -0.2) is 18.3 Å². The van der Waals surface area contributed by atoms with Crippen LogP contribution >= 0.6 is 0 Å². The molecule has 1 saturated heterocycles. The maximum Gasteiger partial charge on any atom is 0.525 e. The zero-order valence-electron chi connectivity index (χ0n) is 15.5. The molecule has 3 rings (SSSR count). The highest BCUT2D eigenvalue weighted by molar-refractivity contribution is 6.55. The predicted octanol–water partition coefficient (Wildman–Crippen LogP) is 5.69.